The summed E-state index contributed by atoms with van der Waals surface area (Å²) in [6.45, 7) is 7.27. The number of benzene rings is 3. The van der Waals surface area contributed by atoms with Crippen molar-refractivity contribution in [3.8, 4) is 17.6 Å². The molecular formula is C36H45N3O6S. The zero-order chi connectivity index (χ0) is 32.7. The fourth-order valence-electron chi connectivity index (χ4n) is 6.44. The summed E-state index contributed by atoms with van der Waals surface area (Å²) in [5, 5.41) is 9.69. The fraction of sp³-hybridized carbons (Fsp3) is 0.472. The molecular weight excluding hydrogens is 602 g/mol. The first-order valence-electron chi connectivity index (χ1n) is 16.0. The Morgan fingerprint density at radius 1 is 1.07 bits per heavy atom. The minimum Gasteiger partial charge on any atom is -0.497 e. The van der Waals surface area contributed by atoms with Gasteiger partial charge in [-0.3, -0.25) is 0 Å². The van der Waals surface area contributed by atoms with E-state index in [9.17, 15) is 13.7 Å². The van der Waals surface area contributed by atoms with E-state index in [1.54, 1.807) is 30.7 Å². The lowest BCUT2D eigenvalue weighted by molar-refractivity contribution is -0.0217. The topological polar surface area (TPSA) is 101 Å². The van der Waals surface area contributed by atoms with Gasteiger partial charge in [0.2, 0.25) is 10.0 Å². The van der Waals surface area contributed by atoms with E-state index in [-0.39, 0.29) is 29.3 Å². The van der Waals surface area contributed by atoms with Crippen molar-refractivity contribution >= 4 is 15.7 Å². The van der Waals surface area contributed by atoms with Crippen molar-refractivity contribution in [1.29, 1.82) is 5.26 Å². The number of nitriles is 1. The number of piperidine rings is 1. The van der Waals surface area contributed by atoms with E-state index in [0.717, 1.165) is 53.4 Å². The maximum absolute atomic E-state index is 14.2. The monoisotopic (exact) mass is 647 g/mol. The van der Waals surface area contributed by atoms with E-state index in [2.05, 4.69) is 17.0 Å². The molecule has 1 unspecified atom stereocenters. The van der Waals surface area contributed by atoms with Gasteiger partial charge in [0.15, 0.2) is 0 Å². The van der Waals surface area contributed by atoms with Crippen molar-refractivity contribution in [2.24, 2.45) is 5.92 Å². The lowest BCUT2D eigenvalue weighted by Crippen LogP contribution is -2.52. The highest BCUT2D eigenvalue weighted by molar-refractivity contribution is 7.89. The second-order valence-corrected chi connectivity index (χ2v) is 14.1. The molecule has 9 nitrogen and oxygen atoms in total. The van der Waals surface area contributed by atoms with Crippen molar-refractivity contribution in [2.75, 3.05) is 52.0 Å². The molecule has 46 heavy (non-hydrogen) atoms. The number of hydrogen-bond acceptors (Lipinski definition) is 8. The van der Waals surface area contributed by atoms with E-state index in [1.165, 1.54) is 0 Å². The highest BCUT2D eigenvalue weighted by Crippen LogP contribution is 2.40. The predicted molar refractivity (Wildman–Crippen MR) is 178 cm³/mol. The van der Waals surface area contributed by atoms with Crippen LogP contribution >= 0.6 is 0 Å². The summed E-state index contributed by atoms with van der Waals surface area (Å²) in [6, 6.07) is 22.9. The normalized spacial score (nSPS) is 20.8. The highest BCUT2D eigenvalue weighted by Gasteiger charge is 2.43. The Labute approximate surface area is 273 Å². The van der Waals surface area contributed by atoms with E-state index in [1.807, 2.05) is 62.4 Å². The van der Waals surface area contributed by atoms with Crippen LogP contribution in [0.4, 0.5) is 5.69 Å². The van der Waals surface area contributed by atoms with Gasteiger partial charge in [0, 0.05) is 44.7 Å². The van der Waals surface area contributed by atoms with Crippen LogP contribution in [0.5, 0.6) is 11.5 Å². The van der Waals surface area contributed by atoms with Crippen molar-refractivity contribution < 1.29 is 27.4 Å². The minimum atomic E-state index is -3.85. The molecule has 2 aliphatic heterocycles. The summed E-state index contributed by atoms with van der Waals surface area (Å²) in [5.41, 5.74) is 4.06. The first-order valence-corrected chi connectivity index (χ1v) is 17.4. The SMILES string of the molecule is COCCCN1CCOc2ccc(CO[C@H]3CN(S(=O)(=O)c4ccc(C)cc4)[C@@H](CC(C)C#N)C[C@@H]3c3ccc(OC)cc3)cc21. The number of fused-ring (bicyclic) bond motifs is 1. The number of aryl methyl sites for hydroxylation is 1. The van der Waals surface area contributed by atoms with E-state index in [4.69, 9.17) is 18.9 Å². The standard InChI is InChI=1S/C36H45N3O6S/c1-26-6-13-32(14-7-26)46(40,41)39-24-36(33(22-30(39)20-27(2)23-37)29-9-11-31(43-4)12-10-29)45-25-28-8-15-35-34(21-28)38(17-19-44-35)16-5-18-42-3/h6-15,21,27,30,33,36H,5,16-20,22,24-25H2,1-4H3/t27?,30-,33+,36-/m0/s1. The molecule has 0 N–H and O–H groups in total. The van der Waals surface area contributed by atoms with E-state index >= 15 is 0 Å². The second-order valence-electron chi connectivity index (χ2n) is 12.3. The largest absolute Gasteiger partial charge is 0.497 e. The zero-order valence-electron chi connectivity index (χ0n) is 27.2. The third-order valence-electron chi connectivity index (χ3n) is 8.98. The van der Waals surface area contributed by atoms with Gasteiger partial charge in [-0.05, 0) is 80.6 Å². The summed E-state index contributed by atoms with van der Waals surface area (Å²) >= 11 is 0. The van der Waals surface area contributed by atoms with Gasteiger partial charge in [0.25, 0.3) is 0 Å². The van der Waals surface area contributed by atoms with Crippen LogP contribution < -0.4 is 14.4 Å². The predicted octanol–water partition coefficient (Wildman–Crippen LogP) is 5.92. The molecule has 0 spiro atoms. The van der Waals surface area contributed by atoms with Crippen LogP contribution in [0.25, 0.3) is 0 Å². The molecule has 1 fully saturated rings. The Balaban J connectivity index is 1.45. The lowest BCUT2D eigenvalue weighted by atomic mass is 9.82. The number of anilines is 1. The minimum absolute atomic E-state index is 0.0854. The van der Waals surface area contributed by atoms with Crippen LogP contribution in [-0.4, -0.2) is 71.9 Å². The number of ether oxygens (including phenoxy) is 4. The first kappa shape index (κ1) is 33.7. The van der Waals surface area contributed by atoms with Crippen LogP contribution in [0.3, 0.4) is 0 Å². The summed E-state index contributed by atoms with van der Waals surface area (Å²) in [7, 11) is -0.503. The van der Waals surface area contributed by atoms with Crippen LogP contribution in [0.2, 0.25) is 0 Å². The van der Waals surface area contributed by atoms with Crippen molar-refractivity contribution in [3.63, 3.8) is 0 Å². The molecule has 2 aliphatic rings. The Bertz CT molecular complexity index is 1590. The van der Waals surface area contributed by atoms with Crippen LogP contribution in [0.1, 0.15) is 48.8 Å². The summed E-state index contributed by atoms with van der Waals surface area (Å²) in [4.78, 5) is 2.57. The molecule has 246 valence electrons. The average Bonchev–Trinajstić information content (AvgIpc) is 3.07. The third kappa shape index (κ3) is 7.84. The molecule has 3 aromatic carbocycles. The maximum Gasteiger partial charge on any atom is 0.243 e. The first-order chi connectivity index (χ1) is 22.2. The molecule has 5 rings (SSSR count). The van der Waals surface area contributed by atoms with Gasteiger partial charge in [0.05, 0.1) is 43.0 Å². The summed E-state index contributed by atoms with van der Waals surface area (Å²) in [6.07, 6.45) is 1.45. The van der Waals surface area contributed by atoms with Gasteiger partial charge in [-0.15, -0.1) is 0 Å². The molecule has 2 heterocycles. The molecule has 0 bridgehead atoms. The number of rotatable bonds is 13. The van der Waals surface area contributed by atoms with Gasteiger partial charge in [0.1, 0.15) is 18.1 Å². The molecule has 3 aromatic rings. The quantitative estimate of drug-likeness (QED) is 0.211. The third-order valence-corrected chi connectivity index (χ3v) is 10.9. The van der Waals surface area contributed by atoms with E-state index < -0.39 is 16.1 Å². The number of methoxy groups -OCH3 is 2. The Hall–Kier alpha value is -3.62. The van der Waals surface area contributed by atoms with Gasteiger partial charge in [-0.1, -0.05) is 35.9 Å². The maximum atomic E-state index is 14.2. The molecule has 0 amide bonds. The Morgan fingerprint density at radius 2 is 1.83 bits per heavy atom. The number of nitrogens with zero attached hydrogens (tertiary/aromatic N) is 3. The smallest absolute Gasteiger partial charge is 0.243 e. The summed E-state index contributed by atoms with van der Waals surface area (Å²) in [5.74, 6) is 1.21. The van der Waals surface area contributed by atoms with Crippen LogP contribution in [-0.2, 0) is 26.1 Å². The zero-order valence-corrected chi connectivity index (χ0v) is 28.0. The molecule has 0 aliphatic carbocycles. The van der Waals surface area contributed by atoms with Gasteiger partial charge >= 0.3 is 0 Å². The van der Waals surface area contributed by atoms with Gasteiger partial charge in [-0.25, -0.2) is 8.42 Å². The fourth-order valence-corrected chi connectivity index (χ4v) is 8.10. The lowest BCUT2D eigenvalue weighted by Gasteiger charge is -2.43. The van der Waals surface area contributed by atoms with Crippen LogP contribution in [0.15, 0.2) is 71.6 Å². The van der Waals surface area contributed by atoms with Crippen molar-refractivity contribution in [1.82, 2.24) is 4.31 Å². The second kappa shape index (κ2) is 15.3. The molecule has 0 aromatic heterocycles. The number of sulfonamides is 1. The van der Waals surface area contributed by atoms with Crippen molar-refractivity contribution in [3.05, 3.63) is 83.4 Å². The van der Waals surface area contributed by atoms with Crippen molar-refractivity contribution in [2.45, 2.75) is 62.7 Å². The molecule has 10 heteroatoms. The van der Waals surface area contributed by atoms with Crippen LogP contribution in [0, 0.1) is 24.2 Å². The molecule has 4 atom stereocenters. The van der Waals surface area contributed by atoms with Gasteiger partial charge in [-0.2, -0.15) is 9.57 Å². The summed E-state index contributed by atoms with van der Waals surface area (Å²) < 4.78 is 53.2. The highest BCUT2D eigenvalue weighted by atomic mass is 32.2. The molecule has 0 saturated carbocycles. The van der Waals surface area contributed by atoms with E-state index in [0.29, 0.717) is 32.7 Å². The Morgan fingerprint density at radius 3 is 2.52 bits per heavy atom. The van der Waals surface area contributed by atoms with Gasteiger partial charge < -0.3 is 23.8 Å². The molecule has 1 saturated heterocycles. The average molecular weight is 648 g/mol. The Kier molecular flexibility index (Phi) is 11.2. The molecule has 0 radical (unpaired) electrons. The number of hydrogen-bond donors (Lipinski definition) is 0.